The first-order chi connectivity index (χ1) is 11.0. The highest BCUT2D eigenvalue weighted by Crippen LogP contribution is 2.21. The molecule has 0 spiro atoms. The number of halogens is 1. The highest BCUT2D eigenvalue weighted by atomic mass is 79.9. The molecule has 5 nitrogen and oxygen atoms in total. The number of ether oxygens (including phenoxy) is 1. The molecular formula is C17H17BrN2O3. The molecule has 23 heavy (non-hydrogen) atoms. The smallest absolute Gasteiger partial charge is 0.251 e. The topological polar surface area (TPSA) is 67.4 Å². The van der Waals surface area contributed by atoms with Gasteiger partial charge in [-0.15, -0.1) is 0 Å². The second-order valence-corrected chi connectivity index (χ2v) is 5.75. The summed E-state index contributed by atoms with van der Waals surface area (Å²) in [6.45, 7) is 1.78. The summed E-state index contributed by atoms with van der Waals surface area (Å²) < 4.78 is 5.97. The predicted octanol–water partition coefficient (Wildman–Crippen LogP) is 3.13. The van der Waals surface area contributed by atoms with Crippen LogP contribution in [0.5, 0.6) is 5.75 Å². The largest absolute Gasteiger partial charge is 0.496 e. The molecular weight excluding hydrogens is 360 g/mol. The van der Waals surface area contributed by atoms with E-state index in [-0.39, 0.29) is 18.4 Å². The molecule has 0 bridgehead atoms. The average Bonchev–Trinajstić information content (AvgIpc) is 2.55. The van der Waals surface area contributed by atoms with Crippen LogP contribution in [0.3, 0.4) is 0 Å². The molecule has 0 unspecified atom stereocenters. The third-order valence-corrected chi connectivity index (χ3v) is 3.92. The van der Waals surface area contributed by atoms with Crippen molar-refractivity contribution in [2.75, 3.05) is 19.0 Å². The van der Waals surface area contributed by atoms with E-state index in [9.17, 15) is 9.59 Å². The Morgan fingerprint density at radius 2 is 1.91 bits per heavy atom. The number of amides is 2. The molecule has 2 aromatic carbocycles. The number of hydrogen-bond acceptors (Lipinski definition) is 3. The summed E-state index contributed by atoms with van der Waals surface area (Å²) in [5.74, 6) is 0.00483. The maximum absolute atomic E-state index is 12.1. The van der Waals surface area contributed by atoms with Crippen molar-refractivity contribution in [1.82, 2.24) is 5.32 Å². The minimum atomic E-state index is -0.328. The summed E-state index contributed by atoms with van der Waals surface area (Å²) >= 11 is 3.35. The number of anilines is 1. The zero-order valence-electron chi connectivity index (χ0n) is 12.9. The molecule has 0 aromatic heterocycles. The van der Waals surface area contributed by atoms with E-state index < -0.39 is 0 Å². The van der Waals surface area contributed by atoms with Gasteiger partial charge in [0.2, 0.25) is 5.91 Å². The van der Waals surface area contributed by atoms with Crippen molar-refractivity contribution >= 4 is 33.4 Å². The lowest BCUT2D eigenvalue weighted by Crippen LogP contribution is -2.32. The maximum atomic E-state index is 12.1. The van der Waals surface area contributed by atoms with Gasteiger partial charge in [0.1, 0.15) is 5.75 Å². The molecule has 2 aromatic rings. The first-order valence-corrected chi connectivity index (χ1v) is 7.78. The van der Waals surface area contributed by atoms with Crippen molar-refractivity contribution in [2.24, 2.45) is 0 Å². The molecule has 2 amide bonds. The molecule has 6 heteroatoms. The van der Waals surface area contributed by atoms with Gasteiger partial charge in [0.25, 0.3) is 5.91 Å². The number of carbonyl (C=O) groups excluding carboxylic acids is 2. The number of aryl methyl sites for hydroxylation is 1. The van der Waals surface area contributed by atoms with Crippen LogP contribution < -0.4 is 15.4 Å². The lowest BCUT2D eigenvalue weighted by Gasteiger charge is -2.10. The Balaban J connectivity index is 1.94. The van der Waals surface area contributed by atoms with Crippen molar-refractivity contribution in [1.29, 1.82) is 0 Å². The molecule has 0 saturated carbocycles. The van der Waals surface area contributed by atoms with Crippen LogP contribution in [0.4, 0.5) is 5.69 Å². The fraction of sp³-hybridized carbons (Fsp3) is 0.176. The van der Waals surface area contributed by atoms with Gasteiger partial charge in [-0.2, -0.15) is 0 Å². The van der Waals surface area contributed by atoms with Gasteiger partial charge in [-0.1, -0.05) is 18.2 Å². The monoisotopic (exact) mass is 376 g/mol. The number of benzene rings is 2. The van der Waals surface area contributed by atoms with Gasteiger partial charge in [0.05, 0.1) is 19.3 Å². The van der Waals surface area contributed by atoms with Gasteiger partial charge >= 0.3 is 0 Å². The number of methoxy groups -OCH3 is 1. The average molecular weight is 377 g/mol. The van der Waals surface area contributed by atoms with E-state index in [1.807, 2.05) is 25.1 Å². The quantitative estimate of drug-likeness (QED) is 0.842. The van der Waals surface area contributed by atoms with Crippen LogP contribution in [0, 0.1) is 6.92 Å². The minimum Gasteiger partial charge on any atom is -0.496 e. The lowest BCUT2D eigenvalue weighted by atomic mass is 10.1. The van der Waals surface area contributed by atoms with Crippen LogP contribution in [0.15, 0.2) is 46.9 Å². The molecule has 0 aliphatic rings. The Hall–Kier alpha value is -2.34. The highest BCUT2D eigenvalue weighted by Gasteiger charge is 2.11. The first-order valence-electron chi connectivity index (χ1n) is 6.98. The van der Waals surface area contributed by atoms with Crippen molar-refractivity contribution in [3.8, 4) is 5.75 Å². The number of nitrogens with one attached hydrogen (secondary N) is 2. The Morgan fingerprint density at radius 1 is 1.17 bits per heavy atom. The molecule has 0 aliphatic heterocycles. The maximum Gasteiger partial charge on any atom is 0.251 e. The minimum absolute atomic E-state index is 0.115. The van der Waals surface area contributed by atoms with Crippen LogP contribution in [0.25, 0.3) is 0 Å². The molecule has 0 fully saturated rings. The zero-order chi connectivity index (χ0) is 16.8. The number of carbonyl (C=O) groups is 2. The van der Waals surface area contributed by atoms with E-state index in [2.05, 4.69) is 26.6 Å². The zero-order valence-corrected chi connectivity index (χ0v) is 14.4. The third kappa shape index (κ3) is 4.56. The van der Waals surface area contributed by atoms with Crippen LogP contribution in [0.1, 0.15) is 15.9 Å². The van der Waals surface area contributed by atoms with Crippen molar-refractivity contribution in [3.05, 3.63) is 58.1 Å². The lowest BCUT2D eigenvalue weighted by molar-refractivity contribution is -0.115. The number of hydrogen-bond donors (Lipinski definition) is 2. The van der Waals surface area contributed by atoms with Gasteiger partial charge in [0, 0.05) is 10.0 Å². The molecule has 0 aliphatic carbocycles. The van der Waals surface area contributed by atoms with Crippen molar-refractivity contribution in [3.63, 3.8) is 0 Å². The van der Waals surface area contributed by atoms with E-state index >= 15 is 0 Å². The van der Waals surface area contributed by atoms with Gasteiger partial charge in [-0.25, -0.2) is 0 Å². The Bertz CT molecular complexity index is 732. The Morgan fingerprint density at radius 3 is 2.61 bits per heavy atom. The molecule has 0 heterocycles. The summed E-state index contributed by atoms with van der Waals surface area (Å²) in [7, 11) is 1.55. The summed E-state index contributed by atoms with van der Waals surface area (Å²) in [6.07, 6.45) is 0. The normalized spacial score (nSPS) is 10.0. The SMILES string of the molecule is COc1cc(C(=O)NCC(=O)Nc2ccccc2Br)ccc1C. The summed E-state index contributed by atoms with van der Waals surface area (Å²) in [5.41, 5.74) is 2.04. The molecule has 2 rings (SSSR count). The fourth-order valence-corrected chi connectivity index (χ4v) is 2.36. The highest BCUT2D eigenvalue weighted by molar-refractivity contribution is 9.10. The van der Waals surface area contributed by atoms with Crippen LogP contribution in [-0.2, 0) is 4.79 Å². The van der Waals surface area contributed by atoms with Crippen LogP contribution in [0.2, 0.25) is 0 Å². The number of para-hydroxylation sites is 1. The summed E-state index contributed by atoms with van der Waals surface area (Å²) in [4.78, 5) is 24.0. The van der Waals surface area contributed by atoms with Gasteiger partial charge in [-0.3, -0.25) is 9.59 Å². The Labute approximate surface area is 143 Å². The summed E-state index contributed by atoms with van der Waals surface area (Å²) in [5, 5.41) is 5.31. The van der Waals surface area contributed by atoms with E-state index in [0.717, 1.165) is 10.0 Å². The number of rotatable bonds is 5. The Kier molecular flexibility index (Phi) is 5.76. The van der Waals surface area contributed by atoms with E-state index in [4.69, 9.17) is 4.74 Å². The van der Waals surface area contributed by atoms with E-state index in [0.29, 0.717) is 17.0 Å². The summed E-state index contributed by atoms with van der Waals surface area (Å²) in [6, 6.07) is 12.4. The van der Waals surface area contributed by atoms with Crippen LogP contribution >= 0.6 is 15.9 Å². The molecule has 0 radical (unpaired) electrons. The molecule has 2 N–H and O–H groups in total. The van der Waals surface area contributed by atoms with Crippen molar-refractivity contribution in [2.45, 2.75) is 6.92 Å². The van der Waals surface area contributed by atoms with Gasteiger partial charge in [0.15, 0.2) is 0 Å². The molecule has 0 atom stereocenters. The van der Waals surface area contributed by atoms with E-state index in [1.165, 1.54) is 0 Å². The third-order valence-electron chi connectivity index (χ3n) is 3.23. The van der Waals surface area contributed by atoms with Crippen molar-refractivity contribution < 1.29 is 14.3 Å². The fourth-order valence-electron chi connectivity index (χ4n) is 1.98. The van der Waals surface area contributed by atoms with E-state index in [1.54, 1.807) is 31.4 Å². The predicted molar refractivity (Wildman–Crippen MR) is 92.8 cm³/mol. The standard InChI is InChI=1S/C17H17BrN2O3/c1-11-7-8-12(9-15(11)23-2)17(22)19-10-16(21)20-14-6-4-3-5-13(14)18/h3-9H,10H2,1-2H3,(H,19,22)(H,20,21). The van der Waals surface area contributed by atoms with Gasteiger partial charge < -0.3 is 15.4 Å². The molecule has 0 saturated heterocycles. The van der Waals surface area contributed by atoms with Gasteiger partial charge in [-0.05, 0) is 52.7 Å². The molecule has 120 valence electrons. The second kappa shape index (κ2) is 7.78. The van der Waals surface area contributed by atoms with Crippen LogP contribution in [-0.4, -0.2) is 25.5 Å². The second-order valence-electron chi connectivity index (χ2n) is 4.90. The first kappa shape index (κ1) is 17.0.